The molecule has 1 amide bonds. The summed E-state index contributed by atoms with van der Waals surface area (Å²) in [6.07, 6.45) is 5.68. The van der Waals surface area contributed by atoms with E-state index in [1.54, 1.807) is 60.3 Å². The van der Waals surface area contributed by atoms with Crippen LogP contribution in [0.15, 0.2) is 104 Å². The fourth-order valence-electron chi connectivity index (χ4n) is 8.30. The monoisotopic (exact) mass is 917 g/mol. The van der Waals surface area contributed by atoms with Crippen LogP contribution in [-0.4, -0.2) is 114 Å². The van der Waals surface area contributed by atoms with Crippen LogP contribution in [0.25, 0.3) is 49.2 Å². The summed E-state index contributed by atoms with van der Waals surface area (Å²) in [7, 11) is -0.287. The molecular formula is C47H45ClFN9O6S. The number of anilines is 1. The van der Waals surface area contributed by atoms with Gasteiger partial charge in [0.05, 0.1) is 29.6 Å². The summed E-state index contributed by atoms with van der Waals surface area (Å²) in [6, 6.07) is 23.4. The molecule has 2 N–H and O–H groups in total. The number of likely N-dealkylation sites (N-methyl/N-ethyl adjacent to an activating group) is 1. The summed E-state index contributed by atoms with van der Waals surface area (Å²) in [4.78, 5) is 32.4. The first-order valence-corrected chi connectivity index (χ1v) is 23.2. The largest absolute Gasteiger partial charge is 0.496 e. The van der Waals surface area contributed by atoms with Crippen molar-refractivity contribution in [2.24, 2.45) is 0 Å². The molecule has 0 saturated carbocycles. The van der Waals surface area contributed by atoms with Gasteiger partial charge in [-0.2, -0.15) is 5.10 Å². The van der Waals surface area contributed by atoms with E-state index in [0.29, 0.717) is 78.4 Å². The minimum Gasteiger partial charge on any atom is -0.496 e. The fourth-order valence-corrected chi connectivity index (χ4v) is 9.13. The molecule has 0 spiro atoms. The Balaban J connectivity index is 1.07. The van der Waals surface area contributed by atoms with Crippen LogP contribution in [0.5, 0.6) is 17.2 Å². The van der Waals surface area contributed by atoms with Gasteiger partial charge in [-0.05, 0) is 77.3 Å². The molecule has 3 aromatic heterocycles. The van der Waals surface area contributed by atoms with E-state index in [1.807, 2.05) is 36.5 Å². The van der Waals surface area contributed by atoms with Crippen LogP contribution in [0, 0.1) is 5.82 Å². The Labute approximate surface area is 379 Å². The predicted octanol–water partition coefficient (Wildman–Crippen LogP) is 6.75. The van der Waals surface area contributed by atoms with E-state index >= 15 is 4.39 Å². The number of nitrogens with zero attached hydrogens (tertiary/aromatic N) is 7. The van der Waals surface area contributed by atoms with Crippen LogP contribution in [-0.2, 0) is 27.8 Å². The quantitative estimate of drug-likeness (QED) is 0.104. The van der Waals surface area contributed by atoms with E-state index in [-0.39, 0.29) is 18.8 Å². The van der Waals surface area contributed by atoms with Crippen LogP contribution in [0.3, 0.4) is 0 Å². The van der Waals surface area contributed by atoms with Crippen LogP contribution in [0.1, 0.15) is 11.3 Å². The molecule has 1 aliphatic heterocycles. The van der Waals surface area contributed by atoms with Crippen LogP contribution >= 0.6 is 11.6 Å². The van der Waals surface area contributed by atoms with E-state index in [0.717, 1.165) is 49.9 Å². The second-order valence-corrected chi connectivity index (χ2v) is 18.0. The number of methoxy groups -OCH3 is 1. The summed E-state index contributed by atoms with van der Waals surface area (Å²) in [5, 5.41) is 12.0. The molecule has 65 heavy (non-hydrogen) atoms. The third kappa shape index (κ3) is 9.31. The number of sulfonamides is 1. The van der Waals surface area contributed by atoms with Crippen molar-refractivity contribution in [3.8, 4) is 28.6 Å². The van der Waals surface area contributed by atoms with Gasteiger partial charge in [0.25, 0.3) is 5.91 Å². The Morgan fingerprint density at radius 3 is 2.45 bits per heavy atom. The van der Waals surface area contributed by atoms with E-state index < -0.39 is 27.8 Å². The zero-order valence-corrected chi connectivity index (χ0v) is 37.4. The summed E-state index contributed by atoms with van der Waals surface area (Å²) in [6.45, 7) is 5.07. The maximum Gasteiger partial charge on any atom is 0.256 e. The number of hydrogen-bond donors (Lipinski definition) is 2. The van der Waals surface area contributed by atoms with Crippen LogP contribution in [0.4, 0.5) is 10.2 Å². The zero-order chi connectivity index (χ0) is 45.2. The Morgan fingerprint density at radius 1 is 0.877 bits per heavy atom. The number of aromatic nitrogens is 5. The molecule has 1 atom stereocenters. The molecule has 8 aromatic rings. The molecule has 5 aromatic carbocycles. The van der Waals surface area contributed by atoms with Gasteiger partial charge in [0.2, 0.25) is 10.0 Å². The van der Waals surface area contributed by atoms with Crippen molar-refractivity contribution in [3.63, 3.8) is 0 Å². The SMILES string of the molecule is COc1ccccc1-c1nccc(COc2ccccc2CC(Nc2ncnn3cc4c5ccc(F)cc5c5c(Cl)c(OCCN6CCN(C)CC6)ccc5c4c23)C(=O)NS(C)(=O)=O)n1. The standard InChI is InChI=1S/C47H45ClFN9O6S/c1-56-18-20-57(21-19-56)22-23-63-40-15-14-34-41(43(40)48)35-25-30(49)12-13-32(35)36-26-58-44(42(34)36)46(51-28-52-58)54-37(47(59)55-65(3,60)61)24-29-8-4-6-10-38(29)64-27-31-16-17-50-45(53-31)33-9-5-7-11-39(33)62-2/h4-17,25-26,28,37H,18-24,27H2,1-3H3,(H,55,59)(H,51,52,54). The van der Waals surface area contributed by atoms with Crippen molar-refractivity contribution in [1.29, 1.82) is 0 Å². The van der Waals surface area contributed by atoms with Gasteiger partial charge in [0, 0.05) is 67.7 Å². The van der Waals surface area contributed by atoms with Gasteiger partial charge in [-0.25, -0.2) is 32.3 Å². The van der Waals surface area contributed by atoms with Gasteiger partial charge >= 0.3 is 0 Å². The van der Waals surface area contributed by atoms with Crippen molar-refractivity contribution in [2.75, 3.05) is 65.1 Å². The molecule has 0 aliphatic carbocycles. The van der Waals surface area contributed by atoms with Gasteiger partial charge < -0.3 is 24.4 Å². The van der Waals surface area contributed by atoms with Crippen molar-refractivity contribution in [1.82, 2.24) is 39.1 Å². The number of carbonyl (C=O) groups is 1. The lowest BCUT2D eigenvalue weighted by Gasteiger charge is -2.32. The number of fused-ring (bicyclic) bond motifs is 8. The van der Waals surface area contributed by atoms with Crippen molar-refractivity contribution in [2.45, 2.75) is 19.1 Å². The lowest BCUT2D eigenvalue weighted by atomic mass is 9.95. The average Bonchev–Trinajstić information content (AvgIpc) is 3.70. The van der Waals surface area contributed by atoms with Gasteiger partial charge in [-0.15, -0.1) is 0 Å². The van der Waals surface area contributed by atoms with E-state index in [1.165, 1.54) is 18.5 Å². The molecule has 4 heterocycles. The van der Waals surface area contributed by atoms with E-state index in [4.69, 9.17) is 30.8 Å². The first-order chi connectivity index (χ1) is 31.4. The Morgan fingerprint density at radius 2 is 1.65 bits per heavy atom. The maximum atomic E-state index is 15.1. The number of ether oxygens (including phenoxy) is 3. The Bertz CT molecular complexity index is 3200. The van der Waals surface area contributed by atoms with Gasteiger partial charge in [-0.1, -0.05) is 48.0 Å². The van der Waals surface area contributed by atoms with Crippen molar-refractivity contribution >= 4 is 71.2 Å². The summed E-state index contributed by atoms with van der Waals surface area (Å²) >= 11 is 7.22. The third-order valence-corrected chi connectivity index (χ3v) is 12.4. The highest BCUT2D eigenvalue weighted by molar-refractivity contribution is 7.89. The molecule has 1 fully saturated rings. The lowest BCUT2D eigenvalue weighted by molar-refractivity contribution is -0.120. The Hall–Kier alpha value is -6.66. The molecule has 15 nitrogen and oxygen atoms in total. The number of carbonyl (C=O) groups excluding carboxylic acids is 1. The van der Waals surface area contributed by atoms with Crippen molar-refractivity contribution in [3.05, 3.63) is 126 Å². The Kier molecular flexibility index (Phi) is 12.4. The number of hydrogen-bond acceptors (Lipinski definition) is 13. The normalized spacial score (nSPS) is 14.2. The van der Waals surface area contributed by atoms with Gasteiger partial charge in [-0.3, -0.25) is 14.4 Å². The van der Waals surface area contributed by atoms with Gasteiger partial charge in [0.1, 0.15) is 54.2 Å². The number of rotatable bonds is 15. The predicted molar refractivity (Wildman–Crippen MR) is 249 cm³/mol. The van der Waals surface area contributed by atoms with E-state index in [9.17, 15) is 13.2 Å². The molecule has 18 heteroatoms. The maximum absolute atomic E-state index is 15.1. The first-order valence-electron chi connectivity index (χ1n) is 20.9. The van der Waals surface area contributed by atoms with Gasteiger partial charge in [0.15, 0.2) is 11.6 Å². The minimum atomic E-state index is -3.98. The smallest absolute Gasteiger partial charge is 0.256 e. The zero-order valence-electron chi connectivity index (χ0n) is 35.8. The topological polar surface area (TPSA) is 165 Å². The number of para-hydroxylation sites is 2. The van der Waals surface area contributed by atoms with E-state index in [2.05, 4.69) is 42.0 Å². The molecule has 1 aliphatic rings. The van der Waals surface area contributed by atoms with Crippen LogP contribution in [0.2, 0.25) is 5.02 Å². The molecular weight excluding hydrogens is 873 g/mol. The third-order valence-electron chi connectivity index (χ3n) is 11.5. The number of nitrogens with one attached hydrogen (secondary N) is 2. The first kappa shape index (κ1) is 43.6. The fraction of sp³-hybridized carbons (Fsp3) is 0.255. The molecule has 9 rings (SSSR count). The van der Waals surface area contributed by atoms with Crippen LogP contribution < -0.4 is 24.2 Å². The number of benzene rings is 5. The summed E-state index contributed by atoms with van der Waals surface area (Å²) < 4.78 is 62.0. The number of amides is 1. The summed E-state index contributed by atoms with van der Waals surface area (Å²) in [5.41, 5.74) is 2.40. The highest BCUT2D eigenvalue weighted by atomic mass is 35.5. The average molecular weight is 918 g/mol. The highest BCUT2D eigenvalue weighted by Crippen LogP contribution is 2.45. The van der Waals surface area contributed by atoms with Crippen molar-refractivity contribution < 1.29 is 31.8 Å². The number of piperazine rings is 1. The summed E-state index contributed by atoms with van der Waals surface area (Å²) in [5.74, 6) is 0.992. The minimum absolute atomic E-state index is 0.0216. The molecule has 334 valence electrons. The molecule has 1 unspecified atom stereocenters. The number of halogens is 2. The second kappa shape index (κ2) is 18.4. The highest BCUT2D eigenvalue weighted by Gasteiger charge is 2.27. The molecule has 0 radical (unpaired) electrons. The second-order valence-electron chi connectivity index (χ2n) is 15.9. The molecule has 1 saturated heterocycles. The molecule has 0 bridgehead atoms. The lowest BCUT2D eigenvalue weighted by Crippen LogP contribution is -2.45.